The molecule has 0 aliphatic rings. The summed E-state index contributed by atoms with van der Waals surface area (Å²) in [6.45, 7) is 9.01. The van der Waals surface area contributed by atoms with Crippen LogP contribution in [0.4, 0.5) is 0 Å². The summed E-state index contributed by atoms with van der Waals surface area (Å²) in [6.07, 6.45) is 2.21. The van der Waals surface area contributed by atoms with Crippen LogP contribution in [0.1, 0.15) is 22.3 Å². The molecular weight excluding hydrogens is 340 g/mol. The van der Waals surface area contributed by atoms with E-state index in [2.05, 4.69) is 92.4 Å². The van der Waals surface area contributed by atoms with Crippen LogP contribution >= 0.6 is 0 Å². The molecule has 3 heterocycles. The minimum Gasteiger partial charge on any atom is -0.307 e. The van der Waals surface area contributed by atoms with Gasteiger partial charge >= 0.3 is 0 Å². The number of rotatable bonds is 0. The van der Waals surface area contributed by atoms with E-state index in [4.69, 9.17) is 0 Å². The van der Waals surface area contributed by atoms with Gasteiger partial charge in [-0.05, 0) is 61.4 Å². The number of aromatic nitrogens is 2. The van der Waals surface area contributed by atoms with Crippen LogP contribution in [0.25, 0.3) is 49.0 Å². The van der Waals surface area contributed by atoms with Crippen molar-refractivity contribution in [3.05, 3.63) is 70.9 Å². The Hall–Kier alpha value is -3.13. The average Bonchev–Trinajstić information content (AvgIpc) is 3.02. The van der Waals surface area contributed by atoms with Gasteiger partial charge in [0.2, 0.25) is 5.52 Å². The van der Waals surface area contributed by atoms with Gasteiger partial charge in [-0.3, -0.25) is 0 Å². The van der Waals surface area contributed by atoms with Crippen molar-refractivity contribution in [2.45, 2.75) is 27.7 Å². The van der Waals surface area contributed by atoms with Crippen molar-refractivity contribution in [1.29, 1.82) is 0 Å². The standard InChI is InChI=1S/C26H23N2/c1-14-12-16(3)24-22(17(14)4)25-23-18(10-11-27(25)5)13-15(2)21-19-8-6-7-9-20(19)28(24)26(21)23/h6-13H,1-5H3/q+1. The zero-order valence-corrected chi connectivity index (χ0v) is 17.0. The molecule has 6 rings (SSSR count). The fraction of sp³-hybridized carbons (Fsp3) is 0.192. The van der Waals surface area contributed by atoms with Crippen LogP contribution in [0.15, 0.2) is 48.7 Å². The molecule has 2 nitrogen and oxygen atoms in total. The highest BCUT2D eigenvalue weighted by Crippen LogP contribution is 2.43. The number of pyridine rings is 2. The van der Waals surface area contributed by atoms with Gasteiger partial charge in [0.05, 0.1) is 27.3 Å². The number of para-hydroxylation sites is 1. The predicted octanol–water partition coefficient (Wildman–Crippen LogP) is 6.05. The summed E-state index contributed by atoms with van der Waals surface area (Å²) in [5.74, 6) is 0. The fourth-order valence-electron chi connectivity index (χ4n) is 5.40. The first-order valence-electron chi connectivity index (χ1n) is 9.95. The first-order chi connectivity index (χ1) is 13.5. The third-order valence-electron chi connectivity index (χ3n) is 6.70. The van der Waals surface area contributed by atoms with E-state index in [-0.39, 0.29) is 0 Å². The predicted molar refractivity (Wildman–Crippen MR) is 119 cm³/mol. The Morgan fingerprint density at radius 1 is 0.750 bits per heavy atom. The highest BCUT2D eigenvalue weighted by Gasteiger charge is 2.25. The van der Waals surface area contributed by atoms with E-state index in [9.17, 15) is 0 Å². The van der Waals surface area contributed by atoms with Gasteiger partial charge in [0.1, 0.15) is 7.05 Å². The third-order valence-corrected chi connectivity index (χ3v) is 6.70. The average molecular weight is 363 g/mol. The Balaban J connectivity index is 2.19. The molecule has 0 bridgehead atoms. The largest absolute Gasteiger partial charge is 0.307 e. The number of hydrogen-bond acceptors (Lipinski definition) is 0. The van der Waals surface area contributed by atoms with E-state index < -0.39 is 0 Å². The van der Waals surface area contributed by atoms with Crippen molar-refractivity contribution in [2.24, 2.45) is 7.05 Å². The molecule has 0 N–H and O–H groups in total. The summed E-state index contributed by atoms with van der Waals surface area (Å²) < 4.78 is 4.84. The fourth-order valence-corrected chi connectivity index (χ4v) is 5.40. The molecule has 0 aliphatic heterocycles. The lowest BCUT2D eigenvalue weighted by atomic mass is 9.94. The molecule has 0 saturated carbocycles. The highest BCUT2D eigenvalue weighted by atomic mass is 15.0. The highest BCUT2D eigenvalue weighted by molar-refractivity contribution is 6.28. The minimum atomic E-state index is 1.30. The van der Waals surface area contributed by atoms with Gasteiger partial charge in [-0.25, -0.2) is 4.57 Å². The molecule has 0 radical (unpaired) electrons. The zero-order chi connectivity index (χ0) is 19.3. The molecule has 0 aliphatic carbocycles. The zero-order valence-electron chi connectivity index (χ0n) is 17.0. The first kappa shape index (κ1) is 15.9. The molecular formula is C26H23N2+. The molecule has 3 aromatic heterocycles. The van der Waals surface area contributed by atoms with Gasteiger partial charge < -0.3 is 4.40 Å². The summed E-state index contributed by atoms with van der Waals surface area (Å²) in [6, 6.07) is 15.8. The SMILES string of the molecule is Cc1cc(C)c2c(c1C)c1c3c(cc[n+]1C)cc(C)c1c4ccccc4n2c13. The van der Waals surface area contributed by atoms with Gasteiger partial charge in [-0.15, -0.1) is 0 Å². The summed E-state index contributed by atoms with van der Waals surface area (Å²) in [5, 5.41) is 6.82. The first-order valence-corrected chi connectivity index (χ1v) is 9.95. The van der Waals surface area contributed by atoms with E-state index in [0.717, 1.165) is 0 Å². The van der Waals surface area contributed by atoms with Gasteiger partial charge in [-0.1, -0.05) is 30.3 Å². The molecule has 28 heavy (non-hydrogen) atoms. The van der Waals surface area contributed by atoms with Gasteiger partial charge in [0.25, 0.3) is 0 Å². The van der Waals surface area contributed by atoms with Crippen molar-refractivity contribution in [3.63, 3.8) is 0 Å². The van der Waals surface area contributed by atoms with Crippen LogP contribution in [0, 0.1) is 27.7 Å². The van der Waals surface area contributed by atoms with Crippen molar-refractivity contribution < 1.29 is 4.57 Å². The molecule has 0 spiro atoms. The normalized spacial score (nSPS) is 12.5. The van der Waals surface area contributed by atoms with E-state index in [1.165, 1.54) is 71.3 Å². The maximum Gasteiger partial charge on any atom is 0.224 e. The Morgan fingerprint density at radius 3 is 2.36 bits per heavy atom. The van der Waals surface area contributed by atoms with Crippen LogP contribution in [0.2, 0.25) is 0 Å². The Morgan fingerprint density at radius 2 is 1.54 bits per heavy atom. The van der Waals surface area contributed by atoms with Crippen LogP contribution in [-0.2, 0) is 7.05 Å². The topological polar surface area (TPSA) is 8.29 Å². The minimum absolute atomic E-state index is 1.30. The maximum atomic E-state index is 2.53. The quantitative estimate of drug-likeness (QED) is 0.176. The third kappa shape index (κ3) is 1.67. The number of hydrogen-bond donors (Lipinski definition) is 0. The lowest BCUT2D eigenvalue weighted by Gasteiger charge is -2.16. The van der Waals surface area contributed by atoms with Crippen LogP contribution < -0.4 is 4.57 Å². The van der Waals surface area contributed by atoms with Crippen molar-refractivity contribution >= 4 is 49.0 Å². The van der Waals surface area contributed by atoms with E-state index in [0.29, 0.717) is 0 Å². The number of benzene rings is 3. The smallest absolute Gasteiger partial charge is 0.224 e. The van der Waals surface area contributed by atoms with E-state index in [1.54, 1.807) is 0 Å². The van der Waals surface area contributed by atoms with Gasteiger partial charge in [0, 0.05) is 16.8 Å². The number of fused-ring (bicyclic) bond motifs is 6. The monoisotopic (exact) mass is 363 g/mol. The molecule has 3 aromatic carbocycles. The van der Waals surface area contributed by atoms with Gasteiger partial charge in [0.15, 0.2) is 6.20 Å². The number of aryl methyl sites for hydroxylation is 5. The molecule has 2 heteroatoms. The molecule has 0 unspecified atom stereocenters. The lowest BCUT2D eigenvalue weighted by Crippen LogP contribution is -2.29. The summed E-state index contributed by atoms with van der Waals surface area (Å²) >= 11 is 0. The molecule has 0 fully saturated rings. The summed E-state index contributed by atoms with van der Waals surface area (Å²) in [7, 11) is 2.18. The summed E-state index contributed by atoms with van der Waals surface area (Å²) in [4.78, 5) is 0. The Labute approximate surface area is 164 Å². The number of nitrogens with zero attached hydrogens (tertiary/aromatic N) is 2. The Kier molecular flexibility index (Phi) is 2.85. The Bertz CT molecular complexity index is 1600. The van der Waals surface area contributed by atoms with Crippen LogP contribution in [0.5, 0.6) is 0 Å². The van der Waals surface area contributed by atoms with Crippen LogP contribution in [0.3, 0.4) is 0 Å². The molecule has 0 atom stereocenters. The maximum absolute atomic E-state index is 2.53. The summed E-state index contributed by atoms with van der Waals surface area (Å²) in [5.41, 5.74) is 10.8. The molecule has 6 aromatic rings. The van der Waals surface area contributed by atoms with Gasteiger partial charge in [-0.2, -0.15) is 0 Å². The second-order valence-corrected chi connectivity index (χ2v) is 8.37. The lowest BCUT2D eigenvalue weighted by molar-refractivity contribution is -0.643. The van der Waals surface area contributed by atoms with Crippen molar-refractivity contribution in [1.82, 2.24) is 4.40 Å². The second-order valence-electron chi connectivity index (χ2n) is 8.37. The molecule has 136 valence electrons. The van der Waals surface area contributed by atoms with Crippen LogP contribution in [-0.4, -0.2) is 4.40 Å². The molecule has 0 saturated heterocycles. The van der Waals surface area contributed by atoms with E-state index in [1.807, 2.05) is 0 Å². The van der Waals surface area contributed by atoms with Crippen molar-refractivity contribution in [3.8, 4) is 0 Å². The second kappa shape index (κ2) is 5.02. The van der Waals surface area contributed by atoms with E-state index >= 15 is 0 Å². The molecule has 0 amide bonds. The van der Waals surface area contributed by atoms with Crippen molar-refractivity contribution in [2.75, 3.05) is 0 Å².